The molecule has 3 unspecified atom stereocenters. The van der Waals surface area contributed by atoms with Crippen molar-refractivity contribution < 1.29 is 24.5 Å². The highest BCUT2D eigenvalue weighted by Crippen LogP contribution is 2.18. The van der Waals surface area contributed by atoms with E-state index < -0.39 is 18.2 Å². The third-order valence-corrected chi connectivity index (χ3v) is 12.2. The predicted molar refractivity (Wildman–Crippen MR) is 273 cm³/mol. The molecule has 3 N–H and O–H groups in total. The molecule has 0 aliphatic carbocycles. The van der Waals surface area contributed by atoms with Crippen LogP contribution in [0.3, 0.4) is 0 Å². The summed E-state index contributed by atoms with van der Waals surface area (Å²) < 4.78 is 5.92. The number of ether oxygens (including phenoxy) is 1. The number of hydrogen-bond donors (Lipinski definition) is 3. The van der Waals surface area contributed by atoms with Crippen LogP contribution in [-0.2, 0) is 14.3 Å². The quantitative estimate of drug-likeness (QED) is 0.0245. The fraction of sp³-hybridized carbons (Fsp3) is 0.789. The van der Waals surface area contributed by atoms with Crippen LogP contribution in [0.15, 0.2) is 60.8 Å². The zero-order chi connectivity index (χ0) is 45.9. The molecule has 0 saturated carbocycles. The highest BCUT2D eigenvalue weighted by Gasteiger charge is 2.24. The third kappa shape index (κ3) is 45.9. The fourth-order valence-corrected chi connectivity index (χ4v) is 8.08. The molecule has 0 fully saturated rings. The maximum atomic E-state index is 13.2. The third-order valence-electron chi connectivity index (χ3n) is 12.2. The summed E-state index contributed by atoms with van der Waals surface area (Å²) in [6.45, 7) is 6.34. The van der Waals surface area contributed by atoms with Crippen LogP contribution in [-0.4, -0.2) is 46.9 Å². The van der Waals surface area contributed by atoms with E-state index in [0.717, 1.165) is 70.6 Å². The lowest BCUT2D eigenvalue weighted by molar-refractivity contribution is -0.151. The predicted octanol–water partition coefficient (Wildman–Crippen LogP) is 16.4. The van der Waals surface area contributed by atoms with Gasteiger partial charge in [-0.1, -0.05) is 242 Å². The summed E-state index contributed by atoms with van der Waals surface area (Å²) in [4.78, 5) is 26.2. The number of aliphatic hydroxyl groups is 2. The molecule has 6 nitrogen and oxygen atoms in total. The Morgan fingerprint density at radius 3 is 1.38 bits per heavy atom. The second kappa shape index (κ2) is 50.6. The van der Waals surface area contributed by atoms with Crippen molar-refractivity contribution in [2.24, 2.45) is 0 Å². The number of hydrogen-bond acceptors (Lipinski definition) is 5. The van der Waals surface area contributed by atoms with E-state index in [4.69, 9.17) is 4.74 Å². The van der Waals surface area contributed by atoms with E-state index in [2.05, 4.69) is 62.5 Å². The van der Waals surface area contributed by atoms with Crippen molar-refractivity contribution in [1.82, 2.24) is 5.32 Å². The number of carbonyl (C=O) groups excluding carboxylic acids is 2. The van der Waals surface area contributed by atoms with Crippen molar-refractivity contribution in [2.45, 2.75) is 283 Å². The van der Waals surface area contributed by atoms with Crippen LogP contribution >= 0.6 is 0 Å². The summed E-state index contributed by atoms with van der Waals surface area (Å²) in [5.74, 6) is -0.514. The molecule has 366 valence electrons. The SMILES string of the molecule is CC/C=C/C=C/C=C/C=C\CCCCCC(CC(=O)NC(CO)C(O)CCCCCCCCCCCCCCCCCC)OC(=O)CCCCCCCCC/C=C\CCCCCC. The molecule has 0 heterocycles. The van der Waals surface area contributed by atoms with E-state index in [0.29, 0.717) is 19.3 Å². The van der Waals surface area contributed by atoms with Gasteiger partial charge in [0.2, 0.25) is 5.91 Å². The Bertz CT molecular complexity index is 1130. The molecule has 0 bridgehead atoms. The van der Waals surface area contributed by atoms with Gasteiger partial charge in [0.25, 0.3) is 0 Å². The zero-order valence-electron chi connectivity index (χ0n) is 41.7. The molecule has 63 heavy (non-hydrogen) atoms. The topological polar surface area (TPSA) is 95.9 Å². The van der Waals surface area contributed by atoms with E-state index >= 15 is 0 Å². The second-order valence-electron chi connectivity index (χ2n) is 18.3. The van der Waals surface area contributed by atoms with Crippen LogP contribution in [0.5, 0.6) is 0 Å². The summed E-state index contributed by atoms with van der Waals surface area (Å²) in [5, 5.41) is 23.8. The summed E-state index contributed by atoms with van der Waals surface area (Å²) in [6, 6.07) is -0.717. The first-order valence-electron chi connectivity index (χ1n) is 27.1. The monoisotopic (exact) mass is 882 g/mol. The molecule has 6 heteroatoms. The minimum Gasteiger partial charge on any atom is -0.462 e. The number of unbranched alkanes of at least 4 members (excludes halogenated alkanes) is 29. The van der Waals surface area contributed by atoms with Crippen molar-refractivity contribution in [3.63, 3.8) is 0 Å². The molecular formula is C57H103NO5. The molecule has 0 aromatic rings. The highest BCUT2D eigenvalue weighted by molar-refractivity contribution is 5.77. The van der Waals surface area contributed by atoms with Crippen molar-refractivity contribution >= 4 is 11.9 Å². The summed E-state index contributed by atoms with van der Waals surface area (Å²) in [6.07, 6.45) is 62.8. The lowest BCUT2D eigenvalue weighted by Crippen LogP contribution is -2.46. The van der Waals surface area contributed by atoms with Gasteiger partial charge in [-0.2, -0.15) is 0 Å². The first kappa shape index (κ1) is 60.6. The Morgan fingerprint density at radius 1 is 0.476 bits per heavy atom. The fourth-order valence-electron chi connectivity index (χ4n) is 8.08. The molecule has 0 rings (SSSR count). The first-order chi connectivity index (χ1) is 31.0. The summed E-state index contributed by atoms with van der Waals surface area (Å²) in [5.41, 5.74) is 0. The van der Waals surface area contributed by atoms with Crippen LogP contribution < -0.4 is 5.32 Å². The molecule has 0 aromatic carbocycles. The van der Waals surface area contributed by atoms with Crippen molar-refractivity contribution in [3.8, 4) is 0 Å². The van der Waals surface area contributed by atoms with Crippen LogP contribution in [0.2, 0.25) is 0 Å². The maximum Gasteiger partial charge on any atom is 0.306 e. The Morgan fingerprint density at radius 2 is 0.873 bits per heavy atom. The van der Waals surface area contributed by atoms with Crippen LogP contribution in [0.1, 0.15) is 265 Å². The summed E-state index contributed by atoms with van der Waals surface area (Å²) >= 11 is 0. The van der Waals surface area contributed by atoms with Crippen molar-refractivity contribution in [1.29, 1.82) is 0 Å². The normalized spacial score (nSPS) is 13.7. The highest BCUT2D eigenvalue weighted by atomic mass is 16.5. The molecule has 0 aromatic heterocycles. The van der Waals surface area contributed by atoms with Crippen molar-refractivity contribution in [3.05, 3.63) is 60.8 Å². The number of amides is 1. The summed E-state index contributed by atoms with van der Waals surface area (Å²) in [7, 11) is 0. The number of rotatable bonds is 48. The zero-order valence-corrected chi connectivity index (χ0v) is 41.7. The van der Waals surface area contributed by atoms with Gasteiger partial charge in [0, 0.05) is 6.42 Å². The van der Waals surface area contributed by atoms with Crippen LogP contribution in [0.25, 0.3) is 0 Å². The number of aliphatic hydroxyl groups excluding tert-OH is 2. The minimum atomic E-state index is -0.801. The van der Waals surface area contributed by atoms with Gasteiger partial charge in [-0.25, -0.2) is 0 Å². The van der Waals surface area contributed by atoms with Crippen molar-refractivity contribution in [2.75, 3.05) is 6.61 Å². The lowest BCUT2D eigenvalue weighted by atomic mass is 10.0. The molecular weight excluding hydrogens is 779 g/mol. The Labute approximate surface area is 390 Å². The minimum absolute atomic E-state index is 0.0493. The van der Waals surface area contributed by atoms with Gasteiger partial charge in [0.05, 0.1) is 25.2 Å². The first-order valence-corrected chi connectivity index (χ1v) is 27.1. The largest absolute Gasteiger partial charge is 0.462 e. The maximum absolute atomic E-state index is 13.2. The number of esters is 1. The average Bonchev–Trinajstić information content (AvgIpc) is 3.28. The van der Waals surface area contributed by atoms with Crippen LogP contribution in [0, 0.1) is 0 Å². The van der Waals surface area contributed by atoms with Gasteiger partial charge < -0.3 is 20.3 Å². The van der Waals surface area contributed by atoms with Gasteiger partial charge in [-0.15, -0.1) is 0 Å². The van der Waals surface area contributed by atoms with Gasteiger partial charge in [-0.05, 0) is 70.6 Å². The molecule has 0 aliphatic rings. The number of allylic oxidation sites excluding steroid dienone is 10. The van der Waals surface area contributed by atoms with Gasteiger partial charge >= 0.3 is 5.97 Å². The van der Waals surface area contributed by atoms with E-state index in [1.165, 1.54) is 148 Å². The molecule has 0 radical (unpaired) electrons. The van der Waals surface area contributed by atoms with Crippen LogP contribution in [0.4, 0.5) is 0 Å². The van der Waals surface area contributed by atoms with Gasteiger partial charge in [-0.3, -0.25) is 9.59 Å². The number of nitrogens with one attached hydrogen (secondary N) is 1. The Kier molecular flexibility index (Phi) is 48.6. The average molecular weight is 882 g/mol. The smallest absolute Gasteiger partial charge is 0.306 e. The molecule has 0 saturated heterocycles. The lowest BCUT2D eigenvalue weighted by Gasteiger charge is -2.24. The molecule has 0 spiro atoms. The molecule has 0 aliphatic heterocycles. The van der Waals surface area contributed by atoms with E-state index in [1.54, 1.807) is 0 Å². The van der Waals surface area contributed by atoms with Gasteiger partial charge in [0.1, 0.15) is 6.10 Å². The standard InChI is InChI=1S/C57H103NO5/c1-4-7-10-13-16-19-22-25-27-29-31-34-37-40-43-46-49-55(60)54(52-59)58-56(61)51-53(48-45-42-39-36-33-30-24-21-18-15-12-9-6-3)63-57(62)50-47-44-41-38-35-32-28-26-23-20-17-14-11-8-5-2/h9,12,15,18,20-21,23-24,30,33,53-55,59-60H,4-8,10-11,13-14,16-17,19,22,25-29,31-32,34-52H2,1-3H3,(H,58,61)/b12-9+,18-15+,23-20-,24-21+,33-30-. The Balaban J connectivity index is 4.58. The van der Waals surface area contributed by atoms with Gasteiger partial charge in [0.15, 0.2) is 0 Å². The molecule has 3 atom stereocenters. The second-order valence-corrected chi connectivity index (χ2v) is 18.3. The number of carbonyl (C=O) groups is 2. The van der Waals surface area contributed by atoms with E-state index in [-0.39, 0.29) is 24.9 Å². The Hall–Kier alpha value is -2.44. The molecule has 1 amide bonds. The van der Waals surface area contributed by atoms with E-state index in [9.17, 15) is 19.8 Å². The van der Waals surface area contributed by atoms with E-state index in [1.807, 2.05) is 24.3 Å².